The van der Waals surface area contributed by atoms with Crippen molar-refractivity contribution >= 4 is 0 Å². The largest absolute Gasteiger partial charge is 0.300 e. The van der Waals surface area contributed by atoms with Gasteiger partial charge in [-0.2, -0.15) is 5.26 Å². The molecule has 0 aromatic rings. The molecule has 4 bridgehead atoms. The third-order valence-electron chi connectivity index (χ3n) is 5.62. The maximum atomic E-state index is 9.32. The van der Waals surface area contributed by atoms with Crippen LogP contribution in [0.5, 0.6) is 0 Å². The molecule has 0 saturated heterocycles. The van der Waals surface area contributed by atoms with Crippen molar-refractivity contribution in [3.63, 3.8) is 0 Å². The number of hydrogen-bond donors (Lipinski definition) is 1. The molecule has 1 N–H and O–H groups in total. The third-order valence-corrected chi connectivity index (χ3v) is 5.62. The molecule has 18 heavy (non-hydrogen) atoms. The van der Waals surface area contributed by atoms with E-state index >= 15 is 0 Å². The molecule has 1 atom stereocenters. The number of hydrogen-bond acceptors (Lipinski definition) is 2. The Morgan fingerprint density at radius 3 is 2.06 bits per heavy atom. The first kappa shape index (κ1) is 12.5. The van der Waals surface area contributed by atoms with E-state index < -0.39 is 0 Å². The first-order chi connectivity index (χ1) is 8.65. The van der Waals surface area contributed by atoms with Gasteiger partial charge in [0.05, 0.1) is 12.1 Å². The molecule has 2 nitrogen and oxygen atoms in total. The van der Waals surface area contributed by atoms with Crippen molar-refractivity contribution in [2.75, 3.05) is 0 Å². The van der Waals surface area contributed by atoms with E-state index in [0.717, 1.165) is 36.0 Å². The molecular formula is C16H26N2. The van der Waals surface area contributed by atoms with E-state index in [1.54, 1.807) is 0 Å². The van der Waals surface area contributed by atoms with Gasteiger partial charge in [-0.15, -0.1) is 0 Å². The second kappa shape index (κ2) is 4.85. The zero-order chi connectivity index (χ0) is 12.7. The minimum absolute atomic E-state index is 0.0764. The van der Waals surface area contributed by atoms with E-state index in [2.05, 4.69) is 25.2 Å². The average Bonchev–Trinajstić information content (AvgIpc) is 2.30. The van der Waals surface area contributed by atoms with Crippen molar-refractivity contribution in [3.8, 4) is 6.07 Å². The molecule has 100 valence electrons. The van der Waals surface area contributed by atoms with Gasteiger partial charge in [-0.05, 0) is 82.0 Å². The van der Waals surface area contributed by atoms with Crippen LogP contribution < -0.4 is 5.32 Å². The Labute approximate surface area is 111 Å². The molecule has 0 aromatic carbocycles. The van der Waals surface area contributed by atoms with Crippen LogP contribution in [0.3, 0.4) is 0 Å². The fraction of sp³-hybridized carbons (Fsp3) is 0.938. The molecule has 0 radical (unpaired) electrons. The van der Waals surface area contributed by atoms with Gasteiger partial charge in [0.15, 0.2) is 0 Å². The van der Waals surface area contributed by atoms with E-state index in [0.29, 0.717) is 6.04 Å². The van der Waals surface area contributed by atoms with E-state index in [1.165, 1.54) is 32.1 Å². The van der Waals surface area contributed by atoms with Crippen LogP contribution in [0.25, 0.3) is 0 Å². The first-order valence-electron chi connectivity index (χ1n) is 7.81. The quantitative estimate of drug-likeness (QED) is 0.826. The maximum absolute atomic E-state index is 9.32. The van der Waals surface area contributed by atoms with Crippen molar-refractivity contribution in [2.24, 2.45) is 29.6 Å². The SMILES string of the molecule is CC(C)NC(C#N)CC1C2CC3CC(C2)CC1C3. The second-order valence-electron chi connectivity index (χ2n) is 7.33. The lowest BCUT2D eigenvalue weighted by Gasteiger charge is -2.55. The fourth-order valence-electron chi connectivity index (χ4n) is 5.26. The minimum Gasteiger partial charge on any atom is -0.300 e. The van der Waals surface area contributed by atoms with Crippen molar-refractivity contribution in [3.05, 3.63) is 0 Å². The molecule has 0 heterocycles. The van der Waals surface area contributed by atoms with E-state index in [1.807, 2.05) is 0 Å². The molecule has 4 fully saturated rings. The van der Waals surface area contributed by atoms with Crippen LogP contribution in [-0.2, 0) is 0 Å². The lowest BCUT2D eigenvalue weighted by molar-refractivity contribution is -0.0416. The monoisotopic (exact) mass is 246 g/mol. The molecule has 1 unspecified atom stereocenters. The van der Waals surface area contributed by atoms with Gasteiger partial charge in [0.2, 0.25) is 0 Å². The first-order valence-corrected chi connectivity index (χ1v) is 7.81. The lowest BCUT2D eigenvalue weighted by atomic mass is 9.51. The number of nitrogens with zero attached hydrogens (tertiary/aromatic N) is 1. The normalized spacial score (nSPS) is 43.1. The topological polar surface area (TPSA) is 35.8 Å². The van der Waals surface area contributed by atoms with Crippen molar-refractivity contribution in [1.29, 1.82) is 5.26 Å². The Hall–Kier alpha value is -0.550. The summed E-state index contributed by atoms with van der Waals surface area (Å²) in [6.07, 6.45) is 8.50. The van der Waals surface area contributed by atoms with Gasteiger partial charge < -0.3 is 0 Å². The van der Waals surface area contributed by atoms with Crippen molar-refractivity contribution in [2.45, 2.75) is 64.5 Å². The van der Waals surface area contributed by atoms with E-state index in [-0.39, 0.29) is 6.04 Å². The van der Waals surface area contributed by atoms with Gasteiger partial charge in [0.1, 0.15) is 0 Å². The predicted molar refractivity (Wildman–Crippen MR) is 72.8 cm³/mol. The van der Waals surface area contributed by atoms with Gasteiger partial charge in [0, 0.05) is 6.04 Å². The molecular weight excluding hydrogens is 220 g/mol. The average molecular weight is 246 g/mol. The van der Waals surface area contributed by atoms with Crippen molar-refractivity contribution in [1.82, 2.24) is 5.32 Å². The Kier molecular flexibility index (Phi) is 3.36. The lowest BCUT2D eigenvalue weighted by Crippen LogP contribution is -2.47. The standard InChI is InChI=1S/C16H26N2/c1-10(2)18-15(9-17)8-16-13-4-11-3-12(6-13)7-14(16)5-11/h10-16,18H,3-8H2,1-2H3. The molecule has 4 saturated carbocycles. The van der Waals surface area contributed by atoms with Crippen LogP contribution in [0, 0.1) is 40.9 Å². The van der Waals surface area contributed by atoms with Crippen molar-refractivity contribution < 1.29 is 0 Å². The third kappa shape index (κ3) is 2.30. The summed E-state index contributed by atoms with van der Waals surface area (Å²) in [5.74, 6) is 4.83. The summed E-state index contributed by atoms with van der Waals surface area (Å²) in [7, 11) is 0. The highest BCUT2D eigenvalue weighted by molar-refractivity contribution is 5.02. The van der Waals surface area contributed by atoms with Crippen LogP contribution in [0.15, 0.2) is 0 Å². The summed E-state index contributed by atoms with van der Waals surface area (Å²) in [5.41, 5.74) is 0. The Morgan fingerprint density at radius 2 is 1.61 bits per heavy atom. The molecule has 0 aliphatic heterocycles. The zero-order valence-electron chi connectivity index (χ0n) is 11.7. The summed E-state index contributed by atoms with van der Waals surface area (Å²) in [4.78, 5) is 0. The molecule has 0 spiro atoms. The summed E-state index contributed by atoms with van der Waals surface area (Å²) in [6, 6.07) is 2.98. The molecule has 0 amide bonds. The maximum Gasteiger partial charge on any atom is 0.0957 e. The van der Waals surface area contributed by atoms with E-state index in [4.69, 9.17) is 0 Å². The highest BCUT2D eigenvalue weighted by Crippen LogP contribution is 2.57. The fourth-order valence-corrected chi connectivity index (χ4v) is 5.26. The summed E-state index contributed by atoms with van der Waals surface area (Å²) < 4.78 is 0. The molecule has 0 aromatic heterocycles. The zero-order valence-corrected chi connectivity index (χ0v) is 11.7. The Bertz CT molecular complexity index is 313. The summed E-state index contributed by atoms with van der Waals surface area (Å²) >= 11 is 0. The Morgan fingerprint density at radius 1 is 1.06 bits per heavy atom. The number of rotatable bonds is 4. The van der Waals surface area contributed by atoms with Gasteiger partial charge >= 0.3 is 0 Å². The molecule has 4 aliphatic rings. The smallest absolute Gasteiger partial charge is 0.0957 e. The van der Waals surface area contributed by atoms with E-state index in [9.17, 15) is 5.26 Å². The number of nitrogens with one attached hydrogen (secondary N) is 1. The van der Waals surface area contributed by atoms with Gasteiger partial charge in [-0.3, -0.25) is 5.32 Å². The van der Waals surface area contributed by atoms with Crippen LogP contribution >= 0.6 is 0 Å². The number of nitriles is 1. The van der Waals surface area contributed by atoms with Crippen LogP contribution in [0.1, 0.15) is 52.4 Å². The molecule has 2 heteroatoms. The highest BCUT2D eigenvalue weighted by atomic mass is 14.9. The summed E-state index contributed by atoms with van der Waals surface area (Å²) in [5, 5.41) is 12.7. The summed E-state index contributed by atoms with van der Waals surface area (Å²) in [6.45, 7) is 4.28. The van der Waals surface area contributed by atoms with Crippen LogP contribution in [0.4, 0.5) is 0 Å². The minimum atomic E-state index is 0.0764. The Balaban J connectivity index is 1.64. The van der Waals surface area contributed by atoms with Crippen LogP contribution in [-0.4, -0.2) is 12.1 Å². The predicted octanol–water partition coefficient (Wildman–Crippen LogP) is 3.34. The molecule has 4 aliphatic carbocycles. The molecule has 4 rings (SSSR count). The highest BCUT2D eigenvalue weighted by Gasteiger charge is 2.48. The van der Waals surface area contributed by atoms with Crippen LogP contribution in [0.2, 0.25) is 0 Å². The van der Waals surface area contributed by atoms with Gasteiger partial charge in [-0.25, -0.2) is 0 Å². The second-order valence-corrected chi connectivity index (χ2v) is 7.33. The van der Waals surface area contributed by atoms with Gasteiger partial charge in [0.25, 0.3) is 0 Å². The van der Waals surface area contributed by atoms with Gasteiger partial charge in [-0.1, -0.05) is 0 Å².